The zero-order valence-corrected chi connectivity index (χ0v) is 20.9. The molecule has 0 aliphatic heterocycles. The van der Waals surface area contributed by atoms with Gasteiger partial charge in [0.2, 0.25) is 5.89 Å². The molecule has 1 heterocycles. The summed E-state index contributed by atoms with van der Waals surface area (Å²) in [6.07, 6.45) is 2.04. The molecule has 7 nitrogen and oxygen atoms in total. The lowest BCUT2D eigenvalue weighted by atomic mass is 10.2. The summed E-state index contributed by atoms with van der Waals surface area (Å²) in [6.45, 7) is 8.38. The van der Waals surface area contributed by atoms with Crippen LogP contribution in [-0.4, -0.2) is 35.9 Å². The van der Waals surface area contributed by atoms with Gasteiger partial charge in [-0.05, 0) is 92.7 Å². The van der Waals surface area contributed by atoms with E-state index in [1.165, 1.54) is 12.8 Å². The van der Waals surface area contributed by atoms with Gasteiger partial charge in [0.15, 0.2) is 5.58 Å². The lowest BCUT2D eigenvalue weighted by Crippen LogP contribution is -2.40. The van der Waals surface area contributed by atoms with E-state index in [1.54, 1.807) is 6.07 Å². The molecule has 1 aromatic heterocycles. The Balaban J connectivity index is 1.38. The highest BCUT2D eigenvalue weighted by Crippen LogP contribution is 2.35. The highest BCUT2D eigenvalue weighted by molar-refractivity contribution is 9.10. The van der Waals surface area contributed by atoms with Gasteiger partial charge in [0.05, 0.1) is 17.1 Å². The van der Waals surface area contributed by atoms with Gasteiger partial charge in [-0.25, -0.2) is 9.78 Å². The maximum Gasteiger partial charge on any atom is 0.407 e. The molecule has 2 aromatic carbocycles. The molecule has 33 heavy (non-hydrogen) atoms. The van der Waals surface area contributed by atoms with Gasteiger partial charge in [0, 0.05) is 11.6 Å². The van der Waals surface area contributed by atoms with Crippen LogP contribution in [0.1, 0.15) is 40.5 Å². The summed E-state index contributed by atoms with van der Waals surface area (Å²) >= 11 is 3.58. The number of carbonyl (C=O) groups excluding carboxylic acids is 1. The molecule has 1 aliphatic carbocycles. The minimum absolute atomic E-state index is 0.223. The summed E-state index contributed by atoms with van der Waals surface area (Å²) in [4.78, 5) is 16.5. The van der Waals surface area contributed by atoms with Crippen molar-refractivity contribution >= 4 is 33.1 Å². The van der Waals surface area contributed by atoms with Crippen molar-refractivity contribution in [1.29, 1.82) is 0 Å². The van der Waals surface area contributed by atoms with Crippen molar-refractivity contribution in [2.45, 2.75) is 52.2 Å². The second-order valence-corrected chi connectivity index (χ2v) is 10.3. The van der Waals surface area contributed by atoms with Crippen LogP contribution in [0.3, 0.4) is 0 Å². The second kappa shape index (κ2) is 9.63. The Bertz CT molecular complexity index is 1130. The first-order valence-corrected chi connectivity index (χ1v) is 11.9. The highest BCUT2D eigenvalue weighted by Gasteiger charge is 2.22. The van der Waals surface area contributed by atoms with Crippen molar-refractivity contribution in [1.82, 2.24) is 10.3 Å². The van der Waals surface area contributed by atoms with Crippen LogP contribution in [0.5, 0.6) is 11.5 Å². The zero-order valence-electron chi connectivity index (χ0n) is 19.3. The molecule has 1 atom stereocenters. The average molecular weight is 517 g/mol. The first kappa shape index (κ1) is 23.4. The van der Waals surface area contributed by atoms with E-state index in [4.69, 9.17) is 18.6 Å². The van der Waals surface area contributed by atoms with E-state index in [0.29, 0.717) is 29.7 Å². The number of oxazole rings is 1. The third kappa shape index (κ3) is 6.63. The molecule has 1 saturated carbocycles. The topological polar surface area (TPSA) is 82.8 Å². The molecular formula is C25H29BrN2O5. The molecule has 8 heteroatoms. The number of nitrogens with zero attached hydrogens (tertiary/aromatic N) is 1. The minimum Gasteiger partial charge on any atom is -0.492 e. The maximum absolute atomic E-state index is 11.9. The summed E-state index contributed by atoms with van der Waals surface area (Å²) in [5.41, 5.74) is 1.68. The van der Waals surface area contributed by atoms with E-state index in [-0.39, 0.29) is 6.04 Å². The number of ether oxygens (including phenoxy) is 3. The van der Waals surface area contributed by atoms with Crippen molar-refractivity contribution in [3.05, 3.63) is 40.9 Å². The number of halogens is 1. The normalized spacial score (nSPS) is 14.7. The van der Waals surface area contributed by atoms with Gasteiger partial charge in [0.1, 0.15) is 29.2 Å². The number of amides is 1. The van der Waals surface area contributed by atoms with Crippen LogP contribution in [0.15, 0.2) is 45.3 Å². The van der Waals surface area contributed by atoms with E-state index in [2.05, 4.69) is 26.2 Å². The third-order valence-corrected chi connectivity index (χ3v) is 5.59. The van der Waals surface area contributed by atoms with E-state index < -0.39 is 11.7 Å². The predicted molar refractivity (Wildman–Crippen MR) is 130 cm³/mol. The van der Waals surface area contributed by atoms with Gasteiger partial charge in [-0.2, -0.15) is 0 Å². The average Bonchev–Trinajstić information content (AvgIpc) is 3.46. The number of benzene rings is 2. The van der Waals surface area contributed by atoms with Crippen molar-refractivity contribution < 1.29 is 23.4 Å². The molecule has 1 amide bonds. The predicted octanol–water partition coefficient (Wildman–Crippen LogP) is 6.34. The fourth-order valence-corrected chi connectivity index (χ4v) is 3.63. The Morgan fingerprint density at radius 3 is 2.70 bits per heavy atom. The van der Waals surface area contributed by atoms with Crippen LogP contribution < -0.4 is 14.8 Å². The van der Waals surface area contributed by atoms with Crippen molar-refractivity contribution in [2.24, 2.45) is 5.92 Å². The molecule has 0 saturated heterocycles. The Morgan fingerprint density at radius 1 is 1.21 bits per heavy atom. The standard InChI is InChI=1S/C25H29BrN2O5/c1-15(27-24(29)33-25(2,3)4)13-30-18-8-9-20-22(12-18)32-23(28-20)17-7-10-21(19(26)11-17)31-14-16-5-6-16/h7-12,15-16H,5-6,13-14H2,1-4H3,(H,27,29)/t15-/m0/s1. The van der Waals surface area contributed by atoms with Crippen LogP contribution in [0.4, 0.5) is 4.79 Å². The largest absolute Gasteiger partial charge is 0.492 e. The summed E-state index contributed by atoms with van der Waals surface area (Å²) in [6, 6.07) is 11.1. The number of alkyl carbamates (subject to hydrolysis) is 1. The lowest BCUT2D eigenvalue weighted by molar-refractivity contribution is 0.0494. The third-order valence-electron chi connectivity index (χ3n) is 4.97. The number of hydrogen-bond acceptors (Lipinski definition) is 6. The number of hydrogen-bond donors (Lipinski definition) is 1. The van der Waals surface area contributed by atoms with Crippen LogP contribution in [0.25, 0.3) is 22.6 Å². The van der Waals surface area contributed by atoms with E-state index in [0.717, 1.165) is 27.9 Å². The molecule has 176 valence electrons. The van der Waals surface area contributed by atoms with E-state index >= 15 is 0 Å². The van der Waals surface area contributed by atoms with Crippen LogP contribution in [-0.2, 0) is 4.74 Å². The van der Waals surface area contributed by atoms with E-state index in [9.17, 15) is 4.79 Å². The van der Waals surface area contributed by atoms with Gasteiger partial charge in [-0.15, -0.1) is 0 Å². The van der Waals surface area contributed by atoms with Gasteiger partial charge in [0.25, 0.3) is 0 Å². The molecular weight excluding hydrogens is 488 g/mol. The number of fused-ring (bicyclic) bond motifs is 1. The summed E-state index contributed by atoms with van der Waals surface area (Å²) in [7, 11) is 0. The molecule has 1 aliphatic rings. The smallest absolute Gasteiger partial charge is 0.407 e. The Labute approximate surface area is 201 Å². The molecule has 3 aromatic rings. The fourth-order valence-electron chi connectivity index (χ4n) is 3.13. The monoisotopic (exact) mass is 516 g/mol. The first-order valence-electron chi connectivity index (χ1n) is 11.1. The number of rotatable bonds is 8. The Kier molecular flexibility index (Phi) is 6.83. The first-order chi connectivity index (χ1) is 15.7. The number of aromatic nitrogens is 1. The maximum atomic E-state index is 11.9. The van der Waals surface area contributed by atoms with Crippen LogP contribution in [0.2, 0.25) is 0 Å². The van der Waals surface area contributed by atoms with Crippen LogP contribution >= 0.6 is 15.9 Å². The quantitative estimate of drug-likeness (QED) is 0.376. The second-order valence-electron chi connectivity index (χ2n) is 9.41. The number of carbonyl (C=O) groups is 1. The van der Waals surface area contributed by atoms with Gasteiger partial charge < -0.3 is 23.9 Å². The van der Waals surface area contributed by atoms with Crippen molar-refractivity contribution in [2.75, 3.05) is 13.2 Å². The lowest BCUT2D eigenvalue weighted by Gasteiger charge is -2.22. The molecule has 0 unspecified atom stereocenters. The van der Waals surface area contributed by atoms with Crippen LogP contribution in [0, 0.1) is 5.92 Å². The SMILES string of the molecule is C[C@@H](COc1ccc2nc(-c3ccc(OCC4CC4)c(Br)c3)oc2c1)NC(=O)OC(C)(C)C. The fraction of sp³-hybridized carbons (Fsp3) is 0.440. The van der Waals surface area contributed by atoms with E-state index in [1.807, 2.05) is 58.0 Å². The summed E-state index contributed by atoms with van der Waals surface area (Å²) < 4.78 is 23.8. The molecule has 1 N–H and O–H groups in total. The van der Waals surface area contributed by atoms with Crippen molar-refractivity contribution in [3.8, 4) is 23.0 Å². The summed E-state index contributed by atoms with van der Waals surface area (Å²) in [5, 5.41) is 2.76. The highest BCUT2D eigenvalue weighted by atomic mass is 79.9. The molecule has 0 radical (unpaired) electrons. The Hall–Kier alpha value is -2.74. The van der Waals surface area contributed by atoms with Gasteiger partial charge in [-0.3, -0.25) is 0 Å². The number of nitrogens with one attached hydrogen (secondary N) is 1. The molecule has 1 fully saturated rings. The molecule has 0 spiro atoms. The van der Waals surface area contributed by atoms with Gasteiger partial charge in [-0.1, -0.05) is 0 Å². The molecule has 0 bridgehead atoms. The zero-order chi connectivity index (χ0) is 23.6. The van der Waals surface area contributed by atoms with Crippen molar-refractivity contribution in [3.63, 3.8) is 0 Å². The Morgan fingerprint density at radius 2 is 2.00 bits per heavy atom. The summed E-state index contributed by atoms with van der Waals surface area (Å²) in [5.74, 6) is 2.68. The molecule has 4 rings (SSSR count). The van der Waals surface area contributed by atoms with Gasteiger partial charge >= 0.3 is 6.09 Å². The minimum atomic E-state index is -0.542.